The molecule has 0 saturated carbocycles. The van der Waals surface area contributed by atoms with Gasteiger partial charge in [-0.3, -0.25) is 4.79 Å². The summed E-state index contributed by atoms with van der Waals surface area (Å²) < 4.78 is 0.736. The topological polar surface area (TPSA) is 44.9 Å². The minimum atomic E-state index is 0.0143. The second kappa shape index (κ2) is 3.64. The Morgan fingerprint density at radius 3 is 3.09 bits per heavy atom. The molecule has 1 aromatic heterocycles. The number of aromatic nitrogens is 1. The summed E-state index contributed by atoms with van der Waals surface area (Å²) in [5.74, 6) is 0. The van der Waals surface area contributed by atoms with Gasteiger partial charge >= 0.3 is 0 Å². The number of rotatable bonds is 3. The lowest BCUT2D eigenvalue weighted by Crippen LogP contribution is -2.16. The maximum absolute atomic E-state index is 10.0. The van der Waals surface area contributed by atoms with Crippen LogP contribution in [0.25, 0.3) is 0 Å². The van der Waals surface area contributed by atoms with Crippen LogP contribution in [-0.4, -0.2) is 11.4 Å². The second-order valence-electron chi connectivity index (χ2n) is 2.11. The summed E-state index contributed by atoms with van der Waals surface area (Å²) in [6.45, 7) is 1.89. The first kappa shape index (κ1) is 8.42. The molecular weight excluding hydrogens is 180 g/mol. The highest BCUT2D eigenvalue weighted by Gasteiger charge is 2.03. The Balaban J connectivity index is 2.75. The van der Waals surface area contributed by atoms with Gasteiger partial charge in [-0.25, -0.2) is 0 Å². The van der Waals surface area contributed by atoms with Crippen molar-refractivity contribution < 1.29 is 4.79 Å². The first-order valence-electron chi connectivity index (χ1n) is 3.11. The second-order valence-corrected chi connectivity index (χ2v) is 3.66. The van der Waals surface area contributed by atoms with E-state index in [4.69, 9.17) is 12.2 Å². The molecule has 0 spiro atoms. The van der Waals surface area contributed by atoms with E-state index in [0.29, 0.717) is 6.41 Å². The standard InChI is InChI=1S/C6H8N2OS2/c1-4(7-3-9)5-2-11-6(10)8-5/h2-4H,1H3,(H,7,9)(H,8,10). The third-order valence-electron chi connectivity index (χ3n) is 1.32. The molecule has 1 unspecified atom stereocenters. The highest BCUT2D eigenvalue weighted by molar-refractivity contribution is 7.73. The van der Waals surface area contributed by atoms with Crippen LogP contribution in [0.1, 0.15) is 18.7 Å². The lowest BCUT2D eigenvalue weighted by molar-refractivity contribution is -0.110. The van der Waals surface area contributed by atoms with Gasteiger partial charge in [-0.1, -0.05) is 0 Å². The number of carbonyl (C=O) groups is 1. The monoisotopic (exact) mass is 188 g/mol. The number of hydrogen-bond acceptors (Lipinski definition) is 3. The van der Waals surface area contributed by atoms with Gasteiger partial charge in [0, 0.05) is 11.1 Å². The van der Waals surface area contributed by atoms with Gasteiger partial charge in [0.1, 0.15) is 0 Å². The van der Waals surface area contributed by atoms with Gasteiger partial charge in [0.15, 0.2) is 3.95 Å². The van der Waals surface area contributed by atoms with Crippen molar-refractivity contribution in [3.63, 3.8) is 0 Å². The molecule has 2 N–H and O–H groups in total. The van der Waals surface area contributed by atoms with E-state index in [2.05, 4.69) is 10.3 Å². The van der Waals surface area contributed by atoms with Gasteiger partial charge in [0.05, 0.1) is 6.04 Å². The number of nitrogens with one attached hydrogen (secondary N) is 2. The summed E-state index contributed by atoms with van der Waals surface area (Å²) >= 11 is 6.35. The Bertz CT molecular complexity index is 291. The quantitative estimate of drug-likeness (QED) is 0.559. The van der Waals surface area contributed by atoms with Gasteiger partial charge in [0.25, 0.3) is 0 Å². The molecule has 0 saturated heterocycles. The highest BCUT2D eigenvalue weighted by Crippen LogP contribution is 2.12. The zero-order valence-corrected chi connectivity index (χ0v) is 7.59. The molecule has 1 heterocycles. The van der Waals surface area contributed by atoms with Crippen LogP contribution in [-0.2, 0) is 4.79 Å². The van der Waals surface area contributed by atoms with Crippen LogP contribution in [0.3, 0.4) is 0 Å². The van der Waals surface area contributed by atoms with E-state index in [1.165, 1.54) is 11.3 Å². The molecule has 5 heteroatoms. The van der Waals surface area contributed by atoms with Gasteiger partial charge < -0.3 is 10.3 Å². The minimum Gasteiger partial charge on any atom is -0.351 e. The predicted molar refractivity (Wildman–Crippen MR) is 47.1 cm³/mol. The maximum Gasteiger partial charge on any atom is 0.207 e. The Kier molecular flexibility index (Phi) is 2.78. The van der Waals surface area contributed by atoms with Crippen molar-refractivity contribution in [2.75, 3.05) is 0 Å². The van der Waals surface area contributed by atoms with E-state index in [1.54, 1.807) is 0 Å². The van der Waals surface area contributed by atoms with Crippen molar-refractivity contribution in [3.8, 4) is 0 Å². The number of aromatic amines is 1. The fourth-order valence-electron chi connectivity index (χ4n) is 0.696. The number of amides is 1. The Hall–Kier alpha value is -0.680. The molecule has 0 fully saturated rings. The lowest BCUT2D eigenvalue weighted by atomic mass is 10.3. The van der Waals surface area contributed by atoms with Crippen LogP contribution in [0.4, 0.5) is 0 Å². The smallest absolute Gasteiger partial charge is 0.207 e. The molecule has 3 nitrogen and oxygen atoms in total. The Morgan fingerprint density at radius 2 is 2.64 bits per heavy atom. The van der Waals surface area contributed by atoms with Crippen molar-refractivity contribution in [3.05, 3.63) is 15.0 Å². The van der Waals surface area contributed by atoms with Crippen molar-refractivity contribution in [2.45, 2.75) is 13.0 Å². The maximum atomic E-state index is 10.0. The Labute approximate surface area is 73.5 Å². The third-order valence-corrected chi connectivity index (χ3v) is 2.40. The molecule has 1 atom stereocenters. The number of H-pyrrole nitrogens is 1. The molecule has 0 aliphatic heterocycles. The molecule has 11 heavy (non-hydrogen) atoms. The molecule has 0 aliphatic carbocycles. The van der Waals surface area contributed by atoms with Crippen LogP contribution in [0.15, 0.2) is 5.38 Å². The molecular formula is C6H8N2OS2. The zero-order chi connectivity index (χ0) is 8.27. The van der Waals surface area contributed by atoms with Crippen molar-refractivity contribution >= 4 is 30.0 Å². The average Bonchev–Trinajstić information content (AvgIpc) is 2.36. The number of thiazole rings is 1. The van der Waals surface area contributed by atoms with Gasteiger partial charge in [-0.15, -0.1) is 11.3 Å². The Morgan fingerprint density at radius 1 is 1.91 bits per heavy atom. The van der Waals surface area contributed by atoms with E-state index in [9.17, 15) is 4.79 Å². The zero-order valence-electron chi connectivity index (χ0n) is 5.96. The minimum absolute atomic E-state index is 0.0143. The first-order valence-corrected chi connectivity index (χ1v) is 4.40. The molecule has 0 aromatic carbocycles. The van der Waals surface area contributed by atoms with E-state index < -0.39 is 0 Å². The van der Waals surface area contributed by atoms with Crippen LogP contribution in [0, 0.1) is 3.95 Å². The normalized spacial score (nSPS) is 12.5. The van der Waals surface area contributed by atoms with Gasteiger partial charge in [0.2, 0.25) is 6.41 Å². The summed E-state index contributed by atoms with van der Waals surface area (Å²) in [7, 11) is 0. The summed E-state index contributed by atoms with van der Waals surface area (Å²) in [5.41, 5.74) is 0.951. The van der Waals surface area contributed by atoms with Crippen molar-refractivity contribution in [1.82, 2.24) is 10.3 Å². The van der Waals surface area contributed by atoms with E-state index in [0.717, 1.165) is 9.65 Å². The van der Waals surface area contributed by atoms with Crippen molar-refractivity contribution in [1.29, 1.82) is 0 Å². The fraction of sp³-hybridized carbons (Fsp3) is 0.333. The first-order chi connectivity index (χ1) is 5.24. The highest BCUT2D eigenvalue weighted by atomic mass is 32.1. The number of carbonyl (C=O) groups excluding carboxylic acids is 1. The van der Waals surface area contributed by atoms with E-state index in [1.807, 2.05) is 12.3 Å². The van der Waals surface area contributed by atoms with Crippen LogP contribution >= 0.6 is 23.6 Å². The lowest BCUT2D eigenvalue weighted by Gasteiger charge is -2.05. The summed E-state index contributed by atoms with van der Waals surface area (Å²) in [5, 5.41) is 4.53. The average molecular weight is 188 g/mol. The largest absolute Gasteiger partial charge is 0.351 e. The molecule has 1 amide bonds. The molecule has 60 valence electrons. The van der Waals surface area contributed by atoms with Crippen LogP contribution in [0.2, 0.25) is 0 Å². The third kappa shape index (κ3) is 2.13. The number of hydrogen-bond donors (Lipinski definition) is 2. The van der Waals surface area contributed by atoms with Crippen LogP contribution < -0.4 is 5.32 Å². The predicted octanol–water partition coefficient (Wildman–Crippen LogP) is 1.61. The summed E-state index contributed by atoms with van der Waals surface area (Å²) in [6, 6.07) is 0.0143. The van der Waals surface area contributed by atoms with Gasteiger partial charge in [-0.05, 0) is 19.1 Å². The van der Waals surface area contributed by atoms with E-state index >= 15 is 0 Å². The van der Waals surface area contributed by atoms with Crippen molar-refractivity contribution in [2.24, 2.45) is 0 Å². The summed E-state index contributed by atoms with van der Waals surface area (Å²) in [4.78, 5) is 13.0. The molecule has 1 rings (SSSR count). The van der Waals surface area contributed by atoms with Crippen LogP contribution in [0.5, 0.6) is 0 Å². The summed E-state index contributed by atoms with van der Waals surface area (Å²) in [6.07, 6.45) is 0.680. The van der Waals surface area contributed by atoms with Gasteiger partial charge in [-0.2, -0.15) is 0 Å². The fourth-order valence-corrected chi connectivity index (χ4v) is 1.63. The molecule has 0 radical (unpaired) electrons. The molecule has 1 aromatic rings. The van der Waals surface area contributed by atoms with E-state index in [-0.39, 0.29) is 6.04 Å². The molecule has 0 aliphatic rings. The SMILES string of the molecule is CC(NC=O)c1csc(=S)[nH]1. The molecule has 0 bridgehead atoms.